The summed E-state index contributed by atoms with van der Waals surface area (Å²) in [5.41, 5.74) is 6.27. The van der Waals surface area contributed by atoms with E-state index in [2.05, 4.69) is 19.4 Å². The number of aryl methyl sites for hydroxylation is 1. The van der Waals surface area contributed by atoms with E-state index in [0.717, 1.165) is 11.5 Å². The van der Waals surface area contributed by atoms with Gasteiger partial charge in [0.15, 0.2) is 0 Å². The van der Waals surface area contributed by atoms with E-state index in [4.69, 9.17) is 10.2 Å². The van der Waals surface area contributed by atoms with E-state index >= 15 is 0 Å². The van der Waals surface area contributed by atoms with E-state index in [1.807, 2.05) is 6.92 Å². The van der Waals surface area contributed by atoms with Crippen LogP contribution in [0.1, 0.15) is 28.9 Å². The van der Waals surface area contributed by atoms with Gasteiger partial charge in [-0.1, -0.05) is 12.1 Å². The number of carbonyl (C=O) groups excluding carboxylic acids is 1. The van der Waals surface area contributed by atoms with Crippen LogP contribution in [0.4, 0.5) is 18.3 Å². The molecule has 1 unspecified atom stereocenters. The van der Waals surface area contributed by atoms with E-state index in [9.17, 15) is 18.0 Å². The highest BCUT2D eigenvalue weighted by molar-refractivity contribution is 7.09. The second-order valence-corrected chi connectivity index (χ2v) is 7.06. The van der Waals surface area contributed by atoms with Gasteiger partial charge in [-0.15, -0.1) is 13.2 Å². The van der Waals surface area contributed by atoms with Crippen LogP contribution in [0, 0.1) is 6.92 Å². The van der Waals surface area contributed by atoms with E-state index in [1.165, 1.54) is 24.3 Å². The Kier molecular flexibility index (Phi) is 5.89. The summed E-state index contributed by atoms with van der Waals surface area (Å²) in [6.45, 7) is 3.40. The Balaban J connectivity index is 1.77. The van der Waals surface area contributed by atoms with Crippen LogP contribution in [0.3, 0.4) is 0 Å². The van der Waals surface area contributed by atoms with E-state index in [0.29, 0.717) is 28.7 Å². The molecule has 0 spiro atoms. The first-order valence-corrected chi connectivity index (χ1v) is 9.24. The number of halogens is 3. The normalized spacial score (nSPS) is 12.6. The van der Waals surface area contributed by atoms with Gasteiger partial charge in [-0.2, -0.15) is 4.37 Å². The maximum Gasteiger partial charge on any atom is 0.573 e. The van der Waals surface area contributed by atoms with E-state index in [-0.39, 0.29) is 23.1 Å². The lowest BCUT2D eigenvalue weighted by Gasteiger charge is -2.09. The van der Waals surface area contributed by atoms with Crippen molar-refractivity contribution in [2.24, 2.45) is 5.73 Å². The molecule has 29 heavy (non-hydrogen) atoms. The van der Waals surface area contributed by atoms with Gasteiger partial charge in [0, 0.05) is 29.6 Å². The maximum absolute atomic E-state index is 12.5. The number of benzene rings is 1. The molecule has 0 fully saturated rings. The minimum absolute atomic E-state index is 0.107. The topological polar surface area (TPSA) is 103 Å². The van der Waals surface area contributed by atoms with Gasteiger partial charge in [0.2, 0.25) is 5.13 Å². The minimum atomic E-state index is -4.80. The van der Waals surface area contributed by atoms with Crippen LogP contribution in [-0.2, 0) is 6.42 Å². The average Bonchev–Trinajstić information content (AvgIpc) is 3.19. The van der Waals surface area contributed by atoms with Gasteiger partial charge < -0.3 is 14.9 Å². The number of hydrogen-bond donors (Lipinski definition) is 2. The number of alkyl halides is 3. The fourth-order valence-electron chi connectivity index (χ4n) is 2.54. The number of aromatic nitrogens is 2. The van der Waals surface area contributed by atoms with Gasteiger partial charge in [0.05, 0.1) is 5.56 Å². The van der Waals surface area contributed by atoms with Gasteiger partial charge in [-0.25, -0.2) is 4.98 Å². The lowest BCUT2D eigenvalue weighted by atomic mass is 10.1. The summed E-state index contributed by atoms with van der Waals surface area (Å²) < 4.78 is 50.8. The summed E-state index contributed by atoms with van der Waals surface area (Å²) in [6, 6.07) is 6.64. The molecule has 0 bridgehead atoms. The molecule has 3 rings (SSSR count). The molecule has 154 valence electrons. The Morgan fingerprint density at radius 3 is 2.83 bits per heavy atom. The number of ether oxygens (including phenoxy) is 1. The van der Waals surface area contributed by atoms with Crippen LogP contribution in [0.5, 0.6) is 5.75 Å². The first kappa shape index (κ1) is 20.8. The molecule has 0 aliphatic heterocycles. The Bertz CT molecular complexity index is 1010. The second kappa shape index (κ2) is 8.21. The Morgan fingerprint density at radius 2 is 2.14 bits per heavy atom. The van der Waals surface area contributed by atoms with Crippen molar-refractivity contribution in [3.63, 3.8) is 0 Å². The van der Waals surface area contributed by atoms with Crippen LogP contribution in [-0.4, -0.2) is 27.7 Å². The van der Waals surface area contributed by atoms with E-state index in [1.54, 1.807) is 13.0 Å². The molecule has 3 aromatic rings. The van der Waals surface area contributed by atoms with Crippen molar-refractivity contribution in [3.05, 3.63) is 47.5 Å². The number of anilines is 1. The number of rotatable bonds is 6. The maximum atomic E-state index is 12.5. The van der Waals surface area contributed by atoms with Crippen molar-refractivity contribution in [1.82, 2.24) is 9.36 Å². The Morgan fingerprint density at radius 1 is 1.38 bits per heavy atom. The molecule has 0 aliphatic carbocycles. The van der Waals surface area contributed by atoms with Crippen molar-refractivity contribution < 1.29 is 27.1 Å². The quantitative estimate of drug-likeness (QED) is 0.614. The number of hydrogen-bond acceptors (Lipinski definition) is 7. The standard InChI is InChI=1S/C18H17F3N4O3S/c1-9(22)6-15-23-17(29-25-15)24-16(26)13-8-14(27-10(13)2)11-4-3-5-12(7-11)28-18(19,20)21/h3-5,7-9H,6,22H2,1-2H3,(H,23,24,25,26). The molecule has 0 radical (unpaired) electrons. The first-order valence-electron chi connectivity index (χ1n) is 8.47. The van der Waals surface area contributed by atoms with Crippen LogP contribution in [0.25, 0.3) is 11.3 Å². The molecule has 3 N–H and O–H groups in total. The molecule has 1 amide bonds. The summed E-state index contributed by atoms with van der Waals surface area (Å²) in [7, 11) is 0. The summed E-state index contributed by atoms with van der Waals surface area (Å²) in [6.07, 6.45) is -4.32. The zero-order valence-corrected chi connectivity index (χ0v) is 16.2. The van der Waals surface area contributed by atoms with Crippen LogP contribution >= 0.6 is 11.5 Å². The van der Waals surface area contributed by atoms with E-state index < -0.39 is 12.3 Å². The fourth-order valence-corrected chi connectivity index (χ4v) is 3.13. The van der Waals surface area contributed by atoms with Gasteiger partial charge in [0.1, 0.15) is 23.1 Å². The summed E-state index contributed by atoms with van der Waals surface area (Å²) in [5, 5.41) is 2.94. The molecule has 0 saturated heterocycles. The molecule has 0 saturated carbocycles. The molecular weight excluding hydrogens is 409 g/mol. The summed E-state index contributed by atoms with van der Waals surface area (Å²) >= 11 is 1.03. The van der Waals surface area contributed by atoms with Gasteiger partial charge in [0.25, 0.3) is 5.91 Å². The van der Waals surface area contributed by atoms with Crippen molar-refractivity contribution in [1.29, 1.82) is 0 Å². The fraction of sp³-hybridized carbons (Fsp3) is 0.278. The molecule has 11 heteroatoms. The molecule has 2 aromatic heterocycles. The highest BCUT2D eigenvalue weighted by atomic mass is 32.1. The number of nitrogens with two attached hydrogens (primary N) is 1. The lowest BCUT2D eigenvalue weighted by molar-refractivity contribution is -0.274. The minimum Gasteiger partial charge on any atom is -0.461 e. The predicted molar refractivity (Wildman–Crippen MR) is 101 cm³/mol. The predicted octanol–water partition coefficient (Wildman–Crippen LogP) is 4.15. The highest BCUT2D eigenvalue weighted by Crippen LogP contribution is 2.30. The number of amides is 1. The average molecular weight is 426 g/mol. The van der Waals surface area contributed by atoms with Gasteiger partial charge >= 0.3 is 6.36 Å². The van der Waals surface area contributed by atoms with Crippen molar-refractivity contribution in [2.45, 2.75) is 32.7 Å². The zero-order valence-electron chi connectivity index (χ0n) is 15.4. The number of carbonyl (C=O) groups is 1. The smallest absolute Gasteiger partial charge is 0.461 e. The lowest BCUT2D eigenvalue weighted by Crippen LogP contribution is -2.18. The van der Waals surface area contributed by atoms with Gasteiger partial charge in [-0.05, 0) is 32.0 Å². The number of nitrogens with one attached hydrogen (secondary N) is 1. The van der Waals surface area contributed by atoms with Crippen molar-refractivity contribution in [3.8, 4) is 17.1 Å². The third-order valence-corrected chi connectivity index (χ3v) is 4.38. The van der Waals surface area contributed by atoms with Crippen LogP contribution < -0.4 is 15.8 Å². The van der Waals surface area contributed by atoms with Crippen molar-refractivity contribution >= 4 is 22.6 Å². The Hall–Kier alpha value is -2.92. The summed E-state index contributed by atoms with van der Waals surface area (Å²) in [5.74, 6) is 0.218. The molecule has 1 aromatic carbocycles. The third-order valence-electron chi connectivity index (χ3n) is 3.71. The number of nitrogens with zero attached hydrogens (tertiary/aromatic N) is 2. The molecular formula is C18H17F3N4O3S. The van der Waals surface area contributed by atoms with Crippen LogP contribution in [0.2, 0.25) is 0 Å². The molecule has 0 aliphatic rings. The monoisotopic (exact) mass is 426 g/mol. The largest absolute Gasteiger partial charge is 0.573 e. The van der Waals surface area contributed by atoms with Gasteiger partial charge in [-0.3, -0.25) is 10.1 Å². The number of furan rings is 1. The van der Waals surface area contributed by atoms with Crippen molar-refractivity contribution in [2.75, 3.05) is 5.32 Å². The first-order chi connectivity index (χ1) is 13.6. The second-order valence-electron chi connectivity index (χ2n) is 6.31. The summed E-state index contributed by atoms with van der Waals surface area (Å²) in [4.78, 5) is 16.7. The van der Waals surface area contributed by atoms with Crippen LogP contribution in [0.15, 0.2) is 34.7 Å². The Labute approximate surface area is 167 Å². The molecule has 2 heterocycles. The molecule has 1 atom stereocenters. The zero-order chi connectivity index (χ0) is 21.2. The molecule has 7 nitrogen and oxygen atoms in total. The third kappa shape index (κ3) is 5.55. The highest BCUT2D eigenvalue weighted by Gasteiger charge is 2.31. The SMILES string of the molecule is Cc1oc(-c2cccc(OC(F)(F)F)c2)cc1C(=O)Nc1nc(CC(C)N)ns1.